The van der Waals surface area contributed by atoms with Gasteiger partial charge >= 0.3 is 0 Å². The Morgan fingerprint density at radius 1 is 0.608 bits per heavy atom. The summed E-state index contributed by atoms with van der Waals surface area (Å²) in [7, 11) is 0. The standard InChI is InChI=1S/C45H28N4OS/c1-3-12-27(13-4-1)43-46-44(28-14-5-2-6-15-28)48-45(47-43)35-18-11-20-37-40(35)34-23-22-29(26-38(34)50-37)49-36-19-9-7-16-30(36)32-24-25-33-31-17-8-10-21-39(31)51-42(33)41(32)49/h1-26,43H,(H,46,47,48). The van der Waals surface area contributed by atoms with Crippen LogP contribution in [0.1, 0.15) is 22.9 Å². The minimum absolute atomic E-state index is 0.282. The van der Waals surface area contributed by atoms with Gasteiger partial charge in [-0.15, -0.1) is 11.3 Å². The Balaban J connectivity index is 1.11. The summed E-state index contributed by atoms with van der Waals surface area (Å²) < 4.78 is 11.7. The Morgan fingerprint density at radius 3 is 2.24 bits per heavy atom. The molecule has 0 aliphatic carbocycles. The molecule has 4 heterocycles. The van der Waals surface area contributed by atoms with Gasteiger partial charge in [-0.05, 0) is 35.9 Å². The second kappa shape index (κ2) is 11.0. The van der Waals surface area contributed by atoms with E-state index in [9.17, 15) is 0 Å². The SMILES string of the molecule is c1ccc(C2=NC(c3ccccc3)NC(c3cccc4oc5cc(-n6c7ccccc7c7ccc8c9ccccc9sc8c76)ccc5c34)=N2)cc1. The number of fused-ring (bicyclic) bond motifs is 10. The lowest BCUT2D eigenvalue weighted by atomic mass is 10.0. The van der Waals surface area contributed by atoms with Crippen molar-refractivity contribution in [2.45, 2.75) is 6.17 Å². The number of hydrogen-bond acceptors (Lipinski definition) is 5. The molecular weight excluding hydrogens is 645 g/mol. The number of rotatable bonds is 4. The van der Waals surface area contributed by atoms with Crippen molar-refractivity contribution < 1.29 is 4.42 Å². The molecule has 3 aromatic heterocycles. The van der Waals surface area contributed by atoms with Gasteiger partial charge in [-0.3, -0.25) is 0 Å². The molecule has 1 atom stereocenters. The molecule has 1 unspecified atom stereocenters. The molecule has 0 radical (unpaired) electrons. The number of aromatic nitrogens is 1. The van der Waals surface area contributed by atoms with Gasteiger partial charge in [0.2, 0.25) is 0 Å². The number of nitrogens with one attached hydrogen (secondary N) is 1. The van der Waals surface area contributed by atoms with Gasteiger partial charge in [0.15, 0.2) is 5.84 Å². The molecule has 51 heavy (non-hydrogen) atoms. The zero-order chi connectivity index (χ0) is 33.5. The predicted molar refractivity (Wildman–Crippen MR) is 213 cm³/mol. The molecule has 1 N–H and O–H groups in total. The van der Waals surface area contributed by atoms with Crippen LogP contribution in [0.4, 0.5) is 0 Å². The van der Waals surface area contributed by atoms with Gasteiger partial charge in [0.1, 0.15) is 23.2 Å². The molecule has 0 fully saturated rings. The first-order valence-electron chi connectivity index (χ1n) is 17.1. The quantitative estimate of drug-likeness (QED) is 0.202. The lowest BCUT2D eigenvalue weighted by molar-refractivity contribution is 0.667. The van der Waals surface area contributed by atoms with Crippen LogP contribution >= 0.6 is 11.3 Å². The third-order valence-electron chi connectivity index (χ3n) is 10.1. The zero-order valence-electron chi connectivity index (χ0n) is 27.2. The van der Waals surface area contributed by atoms with Crippen molar-refractivity contribution in [3.05, 3.63) is 174 Å². The monoisotopic (exact) mass is 672 g/mol. The normalized spacial score (nSPS) is 14.9. The minimum Gasteiger partial charge on any atom is -0.456 e. The summed E-state index contributed by atoms with van der Waals surface area (Å²) in [4.78, 5) is 10.2. The maximum atomic E-state index is 6.68. The average Bonchev–Trinajstić information content (AvgIpc) is 3.87. The van der Waals surface area contributed by atoms with E-state index in [1.54, 1.807) is 0 Å². The fraction of sp³-hybridized carbons (Fsp3) is 0.0222. The van der Waals surface area contributed by atoms with E-state index in [1.807, 2.05) is 59.9 Å². The highest BCUT2D eigenvalue weighted by Crippen LogP contribution is 2.43. The molecule has 1 aliphatic heterocycles. The molecule has 5 nitrogen and oxygen atoms in total. The second-order valence-corrected chi connectivity index (χ2v) is 14.0. The van der Waals surface area contributed by atoms with E-state index in [4.69, 9.17) is 14.4 Å². The van der Waals surface area contributed by atoms with Crippen LogP contribution in [-0.2, 0) is 0 Å². The average molecular weight is 673 g/mol. The largest absolute Gasteiger partial charge is 0.456 e. The first kappa shape index (κ1) is 28.3. The lowest BCUT2D eigenvalue weighted by Crippen LogP contribution is -2.33. The molecule has 0 spiro atoms. The number of thiophene rings is 1. The van der Waals surface area contributed by atoms with Crippen molar-refractivity contribution in [3.63, 3.8) is 0 Å². The van der Waals surface area contributed by atoms with E-state index in [1.165, 1.54) is 42.0 Å². The zero-order valence-corrected chi connectivity index (χ0v) is 28.1. The molecule has 240 valence electrons. The van der Waals surface area contributed by atoms with Crippen molar-refractivity contribution in [3.8, 4) is 5.69 Å². The van der Waals surface area contributed by atoms with Gasteiger partial charge in [0, 0.05) is 59.9 Å². The number of para-hydroxylation sites is 1. The summed E-state index contributed by atoms with van der Waals surface area (Å²) in [5.74, 6) is 1.47. The molecule has 0 amide bonds. The van der Waals surface area contributed by atoms with E-state index in [-0.39, 0.29) is 6.17 Å². The van der Waals surface area contributed by atoms with Crippen molar-refractivity contribution >= 4 is 86.9 Å². The van der Waals surface area contributed by atoms with Crippen LogP contribution in [-0.4, -0.2) is 16.2 Å². The van der Waals surface area contributed by atoms with Crippen LogP contribution in [0.5, 0.6) is 0 Å². The fourth-order valence-corrected chi connectivity index (χ4v) is 9.00. The Morgan fingerprint density at radius 2 is 1.35 bits per heavy atom. The molecule has 1 aliphatic rings. The first-order valence-corrected chi connectivity index (χ1v) is 17.9. The highest BCUT2D eigenvalue weighted by Gasteiger charge is 2.24. The number of hydrogen-bond donors (Lipinski definition) is 1. The van der Waals surface area contributed by atoms with E-state index >= 15 is 0 Å². The van der Waals surface area contributed by atoms with Gasteiger partial charge in [-0.1, -0.05) is 121 Å². The number of amidine groups is 2. The summed E-state index contributed by atoms with van der Waals surface area (Å²) in [5, 5.41) is 10.8. The molecule has 0 saturated carbocycles. The summed E-state index contributed by atoms with van der Waals surface area (Å²) in [6, 6.07) is 55.3. The van der Waals surface area contributed by atoms with E-state index < -0.39 is 0 Å². The Labute approximate surface area is 296 Å². The van der Waals surface area contributed by atoms with Crippen LogP contribution in [0, 0.1) is 0 Å². The number of aliphatic imine (C=N–C) groups is 2. The molecule has 0 saturated heterocycles. The fourth-order valence-electron chi connectivity index (χ4n) is 7.76. The van der Waals surface area contributed by atoms with Gasteiger partial charge < -0.3 is 14.3 Å². The predicted octanol–water partition coefficient (Wildman–Crippen LogP) is 11.5. The number of nitrogens with zero attached hydrogens (tertiary/aromatic N) is 3. The minimum atomic E-state index is -0.282. The Hall–Kier alpha value is -6.50. The van der Waals surface area contributed by atoms with E-state index in [0.717, 1.165) is 50.2 Å². The highest BCUT2D eigenvalue weighted by molar-refractivity contribution is 7.26. The van der Waals surface area contributed by atoms with Crippen LogP contribution < -0.4 is 5.32 Å². The highest BCUT2D eigenvalue weighted by atomic mass is 32.1. The molecular formula is C45H28N4OS. The van der Waals surface area contributed by atoms with Gasteiger partial charge in [0.05, 0.1) is 15.7 Å². The first-order chi connectivity index (χ1) is 25.3. The van der Waals surface area contributed by atoms with Crippen molar-refractivity contribution in [2.24, 2.45) is 9.98 Å². The van der Waals surface area contributed by atoms with Gasteiger partial charge in [-0.2, -0.15) is 0 Å². The summed E-state index contributed by atoms with van der Waals surface area (Å²) >= 11 is 1.86. The number of furan rings is 1. The van der Waals surface area contributed by atoms with E-state index in [2.05, 4.69) is 119 Å². The maximum absolute atomic E-state index is 6.68. The molecule has 6 heteroatoms. The molecule has 11 rings (SSSR count). The molecule has 10 aromatic rings. The second-order valence-electron chi connectivity index (χ2n) is 13.0. The van der Waals surface area contributed by atoms with Crippen molar-refractivity contribution in [1.29, 1.82) is 0 Å². The van der Waals surface area contributed by atoms with Crippen LogP contribution in [0.2, 0.25) is 0 Å². The summed E-state index contributed by atoms with van der Waals surface area (Å²) in [5.41, 5.74) is 8.15. The Bertz CT molecular complexity index is 3060. The van der Waals surface area contributed by atoms with E-state index in [0.29, 0.717) is 5.84 Å². The van der Waals surface area contributed by atoms with Crippen LogP contribution in [0.25, 0.3) is 69.6 Å². The Kier molecular flexibility index (Phi) is 6.12. The third-order valence-corrected chi connectivity index (χ3v) is 11.3. The molecule has 7 aromatic carbocycles. The van der Waals surface area contributed by atoms with Crippen LogP contribution in [0.3, 0.4) is 0 Å². The molecule has 0 bridgehead atoms. The summed E-state index contributed by atoms with van der Waals surface area (Å²) in [6.07, 6.45) is -0.282. The topological polar surface area (TPSA) is 54.8 Å². The lowest BCUT2D eigenvalue weighted by Gasteiger charge is -2.24. The summed E-state index contributed by atoms with van der Waals surface area (Å²) in [6.45, 7) is 0. The van der Waals surface area contributed by atoms with Gasteiger partial charge in [-0.25, -0.2) is 9.98 Å². The van der Waals surface area contributed by atoms with Crippen molar-refractivity contribution in [2.75, 3.05) is 0 Å². The van der Waals surface area contributed by atoms with Crippen LogP contribution in [0.15, 0.2) is 172 Å². The number of benzene rings is 7. The maximum Gasteiger partial charge on any atom is 0.159 e. The third kappa shape index (κ3) is 4.33. The smallest absolute Gasteiger partial charge is 0.159 e. The van der Waals surface area contributed by atoms with Gasteiger partial charge in [0.25, 0.3) is 0 Å². The van der Waals surface area contributed by atoms with Crippen molar-refractivity contribution in [1.82, 2.24) is 9.88 Å².